The molecule has 2 aromatic rings. The second kappa shape index (κ2) is 8.54. The number of carbonyl (C=O) groups excluding carboxylic acids is 1. The van der Waals surface area contributed by atoms with E-state index in [2.05, 4.69) is 5.10 Å². The SMILES string of the molecule is CC(C)Cn1nc(C(=O)N2CCCC(CCC(=O)O)C2)c2ccccc2c1=O. The lowest BCUT2D eigenvalue weighted by Gasteiger charge is -2.32. The summed E-state index contributed by atoms with van der Waals surface area (Å²) < 4.78 is 1.39. The number of rotatable bonds is 6. The second-order valence-corrected chi connectivity index (χ2v) is 7.97. The van der Waals surface area contributed by atoms with Gasteiger partial charge in [0.2, 0.25) is 0 Å². The quantitative estimate of drug-likeness (QED) is 0.825. The van der Waals surface area contributed by atoms with E-state index >= 15 is 0 Å². The Balaban J connectivity index is 1.93. The van der Waals surface area contributed by atoms with Crippen LogP contribution in [0.25, 0.3) is 10.8 Å². The summed E-state index contributed by atoms with van der Waals surface area (Å²) in [4.78, 5) is 38.6. The van der Waals surface area contributed by atoms with Crippen molar-refractivity contribution in [2.45, 2.75) is 46.1 Å². The third kappa shape index (κ3) is 4.40. The van der Waals surface area contributed by atoms with Crippen LogP contribution in [0.5, 0.6) is 0 Å². The van der Waals surface area contributed by atoms with E-state index < -0.39 is 5.97 Å². The van der Waals surface area contributed by atoms with Crippen molar-refractivity contribution < 1.29 is 14.7 Å². The van der Waals surface area contributed by atoms with Crippen LogP contribution in [0.4, 0.5) is 0 Å². The fraction of sp³-hybridized carbons (Fsp3) is 0.524. The van der Waals surface area contributed by atoms with E-state index in [-0.39, 0.29) is 29.7 Å². The first-order chi connectivity index (χ1) is 13.4. The van der Waals surface area contributed by atoms with Crippen LogP contribution >= 0.6 is 0 Å². The van der Waals surface area contributed by atoms with E-state index in [0.717, 1.165) is 12.8 Å². The van der Waals surface area contributed by atoms with Crippen LogP contribution in [0.2, 0.25) is 0 Å². The fourth-order valence-corrected chi connectivity index (χ4v) is 3.83. The number of likely N-dealkylation sites (tertiary alicyclic amines) is 1. The lowest BCUT2D eigenvalue weighted by atomic mass is 9.93. The van der Waals surface area contributed by atoms with Gasteiger partial charge >= 0.3 is 5.97 Å². The summed E-state index contributed by atoms with van der Waals surface area (Å²) in [6.07, 6.45) is 2.46. The number of aromatic nitrogens is 2. The van der Waals surface area contributed by atoms with Gasteiger partial charge in [-0.2, -0.15) is 5.10 Å². The van der Waals surface area contributed by atoms with E-state index in [1.807, 2.05) is 13.8 Å². The van der Waals surface area contributed by atoms with Crippen LogP contribution in [-0.2, 0) is 11.3 Å². The van der Waals surface area contributed by atoms with E-state index in [0.29, 0.717) is 42.5 Å². The van der Waals surface area contributed by atoms with Crippen LogP contribution < -0.4 is 5.56 Å². The van der Waals surface area contributed by atoms with Crippen LogP contribution in [0.1, 0.15) is 50.0 Å². The highest BCUT2D eigenvalue weighted by atomic mass is 16.4. The van der Waals surface area contributed by atoms with Crippen molar-refractivity contribution in [1.29, 1.82) is 0 Å². The van der Waals surface area contributed by atoms with Crippen LogP contribution in [-0.4, -0.2) is 44.8 Å². The molecule has 2 heterocycles. The molecule has 1 saturated heterocycles. The van der Waals surface area contributed by atoms with Gasteiger partial charge in [0, 0.05) is 31.4 Å². The summed E-state index contributed by atoms with van der Waals surface area (Å²) in [5, 5.41) is 14.4. The minimum atomic E-state index is -0.808. The smallest absolute Gasteiger partial charge is 0.303 e. The van der Waals surface area contributed by atoms with Gasteiger partial charge in [0.15, 0.2) is 5.69 Å². The molecule has 7 heteroatoms. The second-order valence-electron chi connectivity index (χ2n) is 7.97. The normalized spacial score (nSPS) is 17.2. The molecule has 1 unspecified atom stereocenters. The summed E-state index contributed by atoms with van der Waals surface area (Å²) in [6.45, 7) is 5.61. The molecule has 0 bridgehead atoms. The molecule has 1 fully saturated rings. The van der Waals surface area contributed by atoms with Gasteiger partial charge in [0.1, 0.15) is 0 Å². The van der Waals surface area contributed by atoms with Crippen molar-refractivity contribution in [3.63, 3.8) is 0 Å². The van der Waals surface area contributed by atoms with Gasteiger partial charge in [-0.25, -0.2) is 4.68 Å². The lowest BCUT2D eigenvalue weighted by Crippen LogP contribution is -2.41. The summed E-state index contributed by atoms with van der Waals surface area (Å²) in [7, 11) is 0. The number of carboxylic acids is 1. The van der Waals surface area contributed by atoms with Crippen molar-refractivity contribution in [2.75, 3.05) is 13.1 Å². The van der Waals surface area contributed by atoms with Crippen molar-refractivity contribution in [3.05, 3.63) is 40.3 Å². The largest absolute Gasteiger partial charge is 0.481 e. The Hall–Kier alpha value is -2.70. The number of hydrogen-bond donors (Lipinski definition) is 1. The van der Waals surface area contributed by atoms with Gasteiger partial charge in [-0.05, 0) is 37.2 Å². The number of fused-ring (bicyclic) bond motifs is 1. The third-order valence-electron chi connectivity index (χ3n) is 5.18. The van der Waals surface area contributed by atoms with Gasteiger partial charge in [0.25, 0.3) is 11.5 Å². The number of hydrogen-bond acceptors (Lipinski definition) is 4. The first-order valence-electron chi connectivity index (χ1n) is 9.87. The van der Waals surface area contributed by atoms with Crippen molar-refractivity contribution >= 4 is 22.6 Å². The van der Waals surface area contributed by atoms with Gasteiger partial charge < -0.3 is 10.0 Å². The number of nitrogens with zero attached hydrogens (tertiary/aromatic N) is 3. The van der Waals surface area contributed by atoms with E-state index in [1.165, 1.54) is 4.68 Å². The molecule has 7 nitrogen and oxygen atoms in total. The Kier molecular flexibility index (Phi) is 6.11. The maximum atomic E-state index is 13.3. The minimum absolute atomic E-state index is 0.118. The van der Waals surface area contributed by atoms with Gasteiger partial charge in [-0.1, -0.05) is 32.0 Å². The molecular weight excluding hydrogens is 358 g/mol. The van der Waals surface area contributed by atoms with Crippen LogP contribution in [0.15, 0.2) is 29.1 Å². The highest BCUT2D eigenvalue weighted by Crippen LogP contribution is 2.24. The number of amides is 1. The maximum absolute atomic E-state index is 13.3. The highest BCUT2D eigenvalue weighted by molar-refractivity contribution is 6.04. The molecule has 0 aliphatic carbocycles. The third-order valence-corrected chi connectivity index (χ3v) is 5.18. The molecule has 28 heavy (non-hydrogen) atoms. The van der Waals surface area contributed by atoms with Crippen molar-refractivity contribution in [2.24, 2.45) is 11.8 Å². The molecule has 150 valence electrons. The summed E-state index contributed by atoms with van der Waals surface area (Å²) >= 11 is 0. The Morgan fingerprint density at radius 3 is 2.64 bits per heavy atom. The average molecular weight is 385 g/mol. The fourth-order valence-electron chi connectivity index (χ4n) is 3.83. The highest BCUT2D eigenvalue weighted by Gasteiger charge is 2.27. The predicted molar refractivity (Wildman–Crippen MR) is 106 cm³/mol. The standard InChI is InChI=1S/C21H27N3O4/c1-14(2)12-24-20(27)17-8-4-3-7-16(17)19(22-24)21(28)23-11-5-6-15(13-23)9-10-18(25)26/h3-4,7-8,14-15H,5-6,9-13H2,1-2H3,(H,25,26). The maximum Gasteiger partial charge on any atom is 0.303 e. The first-order valence-corrected chi connectivity index (χ1v) is 9.87. The number of carboxylic acid groups (broad SMARTS) is 1. The van der Waals surface area contributed by atoms with E-state index in [4.69, 9.17) is 5.11 Å². The Morgan fingerprint density at radius 1 is 1.25 bits per heavy atom. The summed E-state index contributed by atoms with van der Waals surface area (Å²) in [5.41, 5.74) is 0.119. The molecule has 1 atom stereocenters. The molecule has 1 aliphatic heterocycles. The zero-order chi connectivity index (χ0) is 20.3. The number of carbonyl (C=O) groups is 2. The van der Waals surface area contributed by atoms with Gasteiger partial charge in [-0.3, -0.25) is 14.4 Å². The summed E-state index contributed by atoms with van der Waals surface area (Å²) in [6, 6.07) is 7.10. The molecule has 1 amide bonds. The molecule has 1 aromatic carbocycles. The predicted octanol–water partition coefficient (Wildman–Crippen LogP) is 2.77. The molecule has 1 N–H and O–H groups in total. The number of benzene rings is 1. The topological polar surface area (TPSA) is 92.5 Å². The number of piperidine rings is 1. The average Bonchev–Trinajstić information content (AvgIpc) is 2.68. The van der Waals surface area contributed by atoms with Crippen LogP contribution in [0, 0.1) is 11.8 Å². The monoisotopic (exact) mass is 385 g/mol. The Labute approximate surface area is 164 Å². The van der Waals surface area contributed by atoms with Crippen molar-refractivity contribution in [1.82, 2.24) is 14.7 Å². The first kappa shape index (κ1) is 20.0. The van der Waals surface area contributed by atoms with Gasteiger partial charge in [-0.15, -0.1) is 0 Å². The Morgan fingerprint density at radius 2 is 1.96 bits per heavy atom. The van der Waals surface area contributed by atoms with E-state index in [9.17, 15) is 14.4 Å². The molecule has 1 aromatic heterocycles. The number of aliphatic carboxylic acids is 1. The molecule has 0 saturated carbocycles. The van der Waals surface area contributed by atoms with Crippen LogP contribution in [0.3, 0.4) is 0 Å². The molecule has 0 spiro atoms. The van der Waals surface area contributed by atoms with E-state index in [1.54, 1.807) is 29.2 Å². The van der Waals surface area contributed by atoms with Crippen molar-refractivity contribution in [3.8, 4) is 0 Å². The minimum Gasteiger partial charge on any atom is -0.481 e. The zero-order valence-electron chi connectivity index (χ0n) is 16.4. The zero-order valence-corrected chi connectivity index (χ0v) is 16.4. The molecular formula is C21H27N3O4. The van der Waals surface area contributed by atoms with Gasteiger partial charge in [0.05, 0.1) is 5.39 Å². The Bertz CT molecular complexity index is 935. The molecule has 3 rings (SSSR count). The molecule has 1 aliphatic rings. The summed E-state index contributed by atoms with van der Waals surface area (Å²) in [5.74, 6) is -0.586. The lowest BCUT2D eigenvalue weighted by molar-refractivity contribution is -0.137. The molecule has 0 radical (unpaired) electrons.